The van der Waals surface area contributed by atoms with Gasteiger partial charge in [-0.25, -0.2) is 8.42 Å². The predicted octanol–water partition coefficient (Wildman–Crippen LogP) is 0.761. The van der Waals surface area contributed by atoms with Gasteiger partial charge < -0.3 is 15.0 Å². The molecule has 0 atom stereocenters. The first kappa shape index (κ1) is 16.9. The molecule has 0 aliphatic rings. The van der Waals surface area contributed by atoms with Crippen LogP contribution in [-0.4, -0.2) is 59.1 Å². The summed E-state index contributed by atoms with van der Waals surface area (Å²) in [6, 6.07) is 7.90. The molecule has 114 valence electrons. The summed E-state index contributed by atoms with van der Waals surface area (Å²) in [6.07, 6.45) is 1.26. The van der Waals surface area contributed by atoms with Crippen molar-refractivity contribution in [3.8, 4) is 5.75 Å². The van der Waals surface area contributed by atoms with Gasteiger partial charge in [0.15, 0.2) is 0 Å². The van der Waals surface area contributed by atoms with E-state index in [9.17, 15) is 8.42 Å². The first-order valence-corrected chi connectivity index (χ1v) is 8.70. The maximum atomic E-state index is 11.1. The van der Waals surface area contributed by atoms with Crippen LogP contribution in [0.15, 0.2) is 24.3 Å². The summed E-state index contributed by atoms with van der Waals surface area (Å²) in [5.74, 6) is 1.05. The van der Waals surface area contributed by atoms with Crippen molar-refractivity contribution in [2.24, 2.45) is 0 Å². The highest BCUT2D eigenvalue weighted by Crippen LogP contribution is 2.17. The Balaban J connectivity index is 2.37. The standard InChI is InChI=1S/C14H24N2O3S/c1-15-12-13-6-4-5-7-14(13)19-10-8-16(2)9-11-20(3,17)18/h4-7,15H,8-12H2,1-3H3. The molecule has 0 aromatic heterocycles. The van der Waals surface area contributed by atoms with Crippen molar-refractivity contribution in [2.45, 2.75) is 6.54 Å². The highest BCUT2D eigenvalue weighted by Gasteiger charge is 2.06. The van der Waals surface area contributed by atoms with Crippen LogP contribution in [0.2, 0.25) is 0 Å². The van der Waals surface area contributed by atoms with Crippen LogP contribution in [0, 0.1) is 0 Å². The van der Waals surface area contributed by atoms with Gasteiger partial charge in [-0.1, -0.05) is 18.2 Å². The minimum Gasteiger partial charge on any atom is -0.492 e. The van der Waals surface area contributed by atoms with Crippen molar-refractivity contribution in [3.05, 3.63) is 29.8 Å². The monoisotopic (exact) mass is 300 g/mol. The molecule has 0 saturated carbocycles. The van der Waals surface area contributed by atoms with E-state index in [-0.39, 0.29) is 5.75 Å². The lowest BCUT2D eigenvalue weighted by Gasteiger charge is -2.17. The van der Waals surface area contributed by atoms with Crippen LogP contribution in [0.4, 0.5) is 0 Å². The van der Waals surface area contributed by atoms with Crippen molar-refractivity contribution >= 4 is 9.84 Å². The first-order chi connectivity index (χ1) is 9.42. The second-order valence-electron chi connectivity index (χ2n) is 4.92. The maximum Gasteiger partial charge on any atom is 0.148 e. The van der Waals surface area contributed by atoms with Gasteiger partial charge in [0.25, 0.3) is 0 Å². The third-order valence-electron chi connectivity index (χ3n) is 2.91. The Morgan fingerprint density at radius 2 is 1.95 bits per heavy atom. The summed E-state index contributed by atoms with van der Waals surface area (Å²) in [5, 5.41) is 3.10. The number of para-hydroxylation sites is 1. The molecule has 0 aliphatic carbocycles. The van der Waals surface area contributed by atoms with Crippen molar-refractivity contribution in [1.82, 2.24) is 10.2 Å². The van der Waals surface area contributed by atoms with E-state index in [0.717, 1.165) is 17.9 Å². The van der Waals surface area contributed by atoms with Crippen LogP contribution in [0.25, 0.3) is 0 Å². The van der Waals surface area contributed by atoms with Crippen LogP contribution in [-0.2, 0) is 16.4 Å². The van der Waals surface area contributed by atoms with E-state index in [1.165, 1.54) is 6.26 Å². The third kappa shape index (κ3) is 6.88. The third-order valence-corrected chi connectivity index (χ3v) is 3.84. The zero-order valence-corrected chi connectivity index (χ0v) is 13.2. The Bertz CT molecular complexity index is 503. The van der Waals surface area contributed by atoms with Crippen LogP contribution in [0.1, 0.15) is 5.56 Å². The molecule has 0 radical (unpaired) electrons. The normalized spacial score (nSPS) is 11.8. The van der Waals surface area contributed by atoms with E-state index in [2.05, 4.69) is 5.32 Å². The van der Waals surface area contributed by atoms with Gasteiger partial charge in [0.05, 0.1) is 5.75 Å². The summed E-state index contributed by atoms with van der Waals surface area (Å²) in [4.78, 5) is 1.96. The predicted molar refractivity (Wildman–Crippen MR) is 81.9 cm³/mol. The van der Waals surface area contributed by atoms with E-state index < -0.39 is 9.84 Å². The van der Waals surface area contributed by atoms with Crippen molar-refractivity contribution < 1.29 is 13.2 Å². The van der Waals surface area contributed by atoms with E-state index in [0.29, 0.717) is 19.7 Å². The molecular weight excluding hydrogens is 276 g/mol. The number of likely N-dealkylation sites (N-methyl/N-ethyl adjacent to an activating group) is 1. The number of sulfone groups is 1. The molecule has 0 unspecified atom stereocenters. The van der Waals surface area contributed by atoms with Gasteiger partial charge in [0.2, 0.25) is 0 Å². The number of nitrogens with one attached hydrogen (secondary N) is 1. The smallest absolute Gasteiger partial charge is 0.148 e. The fraction of sp³-hybridized carbons (Fsp3) is 0.571. The van der Waals surface area contributed by atoms with Gasteiger partial charge in [-0.3, -0.25) is 0 Å². The van der Waals surface area contributed by atoms with E-state index in [4.69, 9.17) is 4.74 Å². The Morgan fingerprint density at radius 1 is 1.25 bits per heavy atom. The Kier molecular flexibility index (Phi) is 6.98. The Morgan fingerprint density at radius 3 is 2.60 bits per heavy atom. The van der Waals surface area contributed by atoms with Gasteiger partial charge in [0.1, 0.15) is 22.2 Å². The maximum absolute atomic E-state index is 11.1. The minimum atomic E-state index is -2.90. The van der Waals surface area contributed by atoms with Gasteiger partial charge in [-0.2, -0.15) is 0 Å². The van der Waals surface area contributed by atoms with Crippen molar-refractivity contribution in [2.75, 3.05) is 45.8 Å². The van der Waals surface area contributed by atoms with Gasteiger partial charge in [0, 0.05) is 31.5 Å². The Labute approximate surface area is 121 Å². The lowest BCUT2D eigenvalue weighted by molar-refractivity contribution is 0.242. The zero-order valence-electron chi connectivity index (χ0n) is 12.4. The number of hydrogen-bond acceptors (Lipinski definition) is 5. The van der Waals surface area contributed by atoms with E-state index in [1.807, 2.05) is 43.3 Å². The molecule has 0 bridgehead atoms. The minimum absolute atomic E-state index is 0.180. The molecule has 0 amide bonds. The van der Waals surface area contributed by atoms with E-state index >= 15 is 0 Å². The summed E-state index contributed by atoms with van der Waals surface area (Å²) in [5.41, 5.74) is 1.12. The van der Waals surface area contributed by atoms with Crippen molar-refractivity contribution in [3.63, 3.8) is 0 Å². The highest BCUT2D eigenvalue weighted by atomic mass is 32.2. The SMILES string of the molecule is CNCc1ccccc1OCCN(C)CCS(C)(=O)=O. The summed E-state index contributed by atoms with van der Waals surface area (Å²) >= 11 is 0. The molecule has 0 heterocycles. The molecular formula is C14H24N2O3S. The van der Waals surface area contributed by atoms with Gasteiger partial charge in [-0.05, 0) is 20.2 Å². The molecule has 0 fully saturated rings. The largest absolute Gasteiger partial charge is 0.492 e. The van der Waals surface area contributed by atoms with Crippen LogP contribution < -0.4 is 10.1 Å². The molecule has 0 aliphatic heterocycles. The van der Waals surface area contributed by atoms with E-state index in [1.54, 1.807) is 0 Å². The quantitative estimate of drug-likeness (QED) is 0.730. The number of hydrogen-bond donors (Lipinski definition) is 1. The molecule has 1 rings (SSSR count). The fourth-order valence-corrected chi connectivity index (χ4v) is 2.37. The average molecular weight is 300 g/mol. The Hall–Kier alpha value is -1.11. The zero-order chi connectivity index (χ0) is 15.0. The van der Waals surface area contributed by atoms with Crippen LogP contribution in [0.3, 0.4) is 0 Å². The highest BCUT2D eigenvalue weighted by molar-refractivity contribution is 7.90. The lowest BCUT2D eigenvalue weighted by Crippen LogP contribution is -2.29. The summed E-state index contributed by atoms with van der Waals surface area (Å²) < 4.78 is 27.9. The van der Waals surface area contributed by atoms with Gasteiger partial charge >= 0.3 is 0 Å². The topological polar surface area (TPSA) is 58.6 Å². The average Bonchev–Trinajstić information content (AvgIpc) is 2.38. The second-order valence-corrected chi connectivity index (χ2v) is 7.18. The summed E-state index contributed by atoms with van der Waals surface area (Å²) in [6.45, 7) is 2.53. The lowest BCUT2D eigenvalue weighted by atomic mass is 10.2. The molecule has 1 aromatic carbocycles. The van der Waals surface area contributed by atoms with Gasteiger partial charge in [-0.15, -0.1) is 0 Å². The number of benzene rings is 1. The van der Waals surface area contributed by atoms with Crippen molar-refractivity contribution in [1.29, 1.82) is 0 Å². The molecule has 5 nitrogen and oxygen atoms in total. The molecule has 6 heteroatoms. The van der Waals surface area contributed by atoms with Crippen LogP contribution in [0.5, 0.6) is 5.75 Å². The summed E-state index contributed by atoms with van der Waals surface area (Å²) in [7, 11) is 0.894. The number of nitrogens with zero attached hydrogens (tertiary/aromatic N) is 1. The fourth-order valence-electron chi connectivity index (χ4n) is 1.73. The molecule has 0 spiro atoms. The molecule has 1 N–H and O–H groups in total. The first-order valence-electron chi connectivity index (χ1n) is 6.64. The van der Waals surface area contributed by atoms with Crippen LogP contribution >= 0.6 is 0 Å². The molecule has 0 saturated heterocycles. The molecule has 1 aromatic rings. The number of ether oxygens (including phenoxy) is 1. The molecule has 20 heavy (non-hydrogen) atoms. The second kappa shape index (κ2) is 8.24. The number of rotatable bonds is 9.